The topological polar surface area (TPSA) is 63.8 Å². The average Bonchev–Trinajstić information content (AvgIpc) is 2.83. The van der Waals surface area contributed by atoms with Crippen LogP contribution in [0.2, 0.25) is 0 Å². The lowest BCUT2D eigenvalue weighted by Crippen LogP contribution is -2.16. The third kappa shape index (κ3) is 3.26. The molecule has 86 valence electrons. The number of rotatable bonds is 5. The molecule has 4 nitrogen and oxygen atoms in total. The molecule has 0 radical (unpaired) electrons. The van der Waals surface area contributed by atoms with Crippen LogP contribution in [0.3, 0.4) is 0 Å². The Bertz CT molecular complexity index is 407. The maximum atomic E-state index is 5.56. The smallest absolute Gasteiger partial charge is 0.180 e. The highest BCUT2D eigenvalue weighted by Gasteiger charge is 2.00. The predicted octanol–water partition coefficient (Wildman–Crippen LogP) is 1.82. The van der Waals surface area contributed by atoms with Gasteiger partial charge in [0.05, 0.1) is 10.7 Å². The molecular formula is C10H14N4S2. The normalized spacial score (nSPS) is 10.8. The largest absolute Gasteiger partial charge is 0.375 e. The van der Waals surface area contributed by atoms with E-state index in [0.717, 1.165) is 30.2 Å². The van der Waals surface area contributed by atoms with Crippen molar-refractivity contribution in [2.45, 2.75) is 19.9 Å². The maximum Gasteiger partial charge on any atom is 0.180 e. The van der Waals surface area contributed by atoms with E-state index >= 15 is 0 Å². The fraction of sp³-hybridized carbons (Fsp3) is 0.400. The monoisotopic (exact) mass is 254 g/mol. The molecule has 0 atom stereocenters. The lowest BCUT2D eigenvalue weighted by Gasteiger charge is -2.00. The van der Waals surface area contributed by atoms with Crippen LogP contribution >= 0.6 is 22.7 Å². The van der Waals surface area contributed by atoms with Crippen LogP contribution in [0.4, 0.5) is 5.13 Å². The lowest BCUT2D eigenvalue weighted by atomic mass is 10.3. The molecule has 0 aliphatic rings. The number of nitrogens with two attached hydrogens (primary N) is 1. The number of hydrogen-bond acceptors (Lipinski definition) is 6. The molecule has 3 N–H and O–H groups in total. The van der Waals surface area contributed by atoms with Crippen molar-refractivity contribution >= 4 is 27.8 Å². The molecule has 0 saturated heterocycles. The Balaban J connectivity index is 1.69. The van der Waals surface area contributed by atoms with Gasteiger partial charge in [-0.3, -0.25) is 0 Å². The molecule has 0 spiro atoms. The van der Waals surface area contributed by atoms with Crippen molar-refractivity contribution in [3.8, 4) is 0 Å². The Labute approximate surface area is 103 Å². The summed E-state index contributed by atoms with van der Waals surface area (Å²) in [6.45, 7) is 3.82. The fourth-order valence-corrected chi connectivity index (χ4v) is 2.71. The highest BCUT2D eigenvalue weighted by atomic mass is 32.1. The minimum absolute atomic E-state index is 0.646. The highest BCUT2D eigenvalue weighted by Crippen LogP contribution is 2.12. The number of thiazole rings is 2. The lowest BCUT2D eigenvalue weighted by molar-refractivity contribution is 0.687. The summed E-state index contributed by atoms with van der Waals surface area (Å²) in [5.74, 6) is 0. The third-order valence-corrected chi connectivity index (χ3v) is 3.73. The molecule has 0 bridgehead atoms. The highest BCUT2D eigenvalue weighted by molar-refractivity contribution is 7.13. The van der Waals surface area contributed by atoms with Gasteiger partial charge in [-0.1, -0.05) is 0 Å². The van der Waals surface area contributed by atoms with Crippen LogP contribution in [-0.4, -0.2) is 16.5 Å². The van der Waals surface area contributed by atoms with Crippen molar-refractivity contribution in [3.63, 3.8) is 0 Å². The van der Waals surface area contributed by atoms with Crippen LogP contribution in [0.25, 0.3) is 0 Å². The number of nitrogen functional groups attached to an aromatic ring is 1. The Morgan fingerprint density at radius 2 is 2.38 bits per heavy atom. The minimum atomic E-state index is 0.646. The Morgan fingerprint density at radius 1 is 1.50 bits per heavy atom. The first-order valence-electron chi connectivity index (χ1n) is 5.06. The quantitative estimate of drug-likeness (QED) is 0.799. The van der Waals surface area contributed by atoms with Gasteiger partial charge in [-0.25, -0.2) is 9.97 Å². The van der Waals surface area contributed by atoms with Crippen LogP contribution in [0.5, 0.6) is 0 Å². The summed E-state index contributed by atoms with van der Waals surface area (Å²) in [7, 11) is 0. The molecule has 2 heterocycles. The van der Waals surface area contributed by atoms with Gasteiger partial charge in [0.2, 0.25) is 0 Å². The first-order valence-corrected chi connectivity index (χ1v) is 6.75. The summed E-state index contributed by atoms with van der Waals surface area (Å²) in [6, 6.07) is 0. The molecule has 0 aromatic carbocycles. The Kier molecular flexibility index (Phi) is 3.87. The summed E-state index contributed by atoms with van der Waals surface area (Å²) >= 11 is 3.22. The molecule has 2 rings (SSSR count). The maximum absolute atomic E-state index is 5.56. The van der Waals surface area contributed by atoms with Gasteiger partial charge in [0, 0.05) is 36.0 Å². The minimum Gasteiger partial charge on any atom is -0.375 e. The van der Waals surface area contributed by atoms with Crippen LogP contribution < -0.4 is 11.1 Å². The van der Waals surface area contributed by atoms with E-state index in [0.29, 0.717) is 5.13 Å². The van der Waals surface area contributed by atoms with Crippen molar-refractivity contribution in [1.29, 1.82) is 0 Å². The van der Waals surface area contributed by atoms with Crippen molar-refractivity contribution in [2.24, 2.45) is 0 Å². The molecule has 16 heavy (non-hydrogen) atoms. The average molecular weight is 254 g/mol. The zero-order chi connectivity index (χ0) is 11.4. The first kappa shape index (κ1) is 11.5. The molecule has 2 aromatic heterocycles. The van der Waals surface area contributed by atoms with Crippen molar-refractivity contribution in [2.75, 3.05) is 12.3 Å². The molecule has 0 aliphatic carbocycles. The second-order valence-corrected chi connectivity index (χ2v) is 5.66. The molecule has 0 aliphatic heterocycles. The van der Waals surface area contributed by atoms with Crippen LogP contribution in [0.1, 0.15) is 15.6 Å². The molecule has 0 amide bonds. The summed E-state index contributed by atoms with van der Waals surface area (Å²) in [5.41, 5.74) is 6.62. The standard InChI is InChI=1S/C10H14N4S2/c1-7-13-5-9(16-7)4-12-3-2-8-6-15-10(11)14-8/h5-6,12H,2-4H2,1H3,(H2,11,14). The Morgan fingerprint density at radius 3 is 3.00 bits per heavy atom. The number of aromatic nitrogens is 2. The summed E-state index contributed by atoms with van der Waals surface area (Å²) in [6.07, 6.45) is 2.85. The van der Waals surface area contributed by atoms with E-state index in [2.05, 4.69) is 15.3 Å². The van der Waals surface area contributed by atoms with Gasteiger partial charge >= 0.3 is 0 Å². The van der Waals surface area contributed by atoms with E-state index in [1.807, 2.05) is 18.5 Å². The molecule has 2 aromatic rings. The van der Waals surface area contributed by atoms with Gasteiger partial charge < -0.3 is 11.1 Å². The van der Waals surface area contributed by atoms with Gasteiger partial charge in [-0.15, -0.1) is 22.7 Å². The van der Waals surface area contributed by atoms with E-state index in [9.17, 15) is 0 Å². The third-order valence-electron chi connectivity index (χ3n) is 2.10. The number of anilines is 1. The predicted molar refractivity (Wildman–Crippen MR) is 68.8 cm³/mol. The second kappa shape index (κ2) is 5.38. The zero-order valence-electron chi connectivity index (χ0n) is 9.06. The van der Waals surface area contributed by atoms with E-state index in [4.69, 9.17) is 5.73 Å². The summed E-state index contributed by atoms with van der Waals surface area (Å²) in [4.78, 5) is 9.69. The first-order chi connectivity index (χ1) is 7.74. The van der Waals surface area contributed by atoms with Gasteiger partial charge in [0.1, 0.15) is 0 Å². The van der Waals surface area contributed by atoms with Crippen molar-refractivity contribution < 1.29 is 0 Å². The van der Waals surface area contributed by atoms with Gasteiger partial charge in [-0.2, -0.15) is 0 Å². The molecule has 0 fully saturated rings. The van der Waals surface area contributed by atoms with Gasteiger partial charge in [0.25, 0.3) is 0 Å². The van der Waals surface area contributed by atoms with E-state index in [1.54, 1.807) is 11.3 Å². The van der Waals surface area contributed by atoms with Crippen LogP contribution in [0, 0.1) is 6.92 Å². The van der Waals surface area contributed by atoms with Crippen LogP contribution in [-0.2, 0) is 13.0 Å². The van der Waals surface area contributed by atoms with E-state index < -0.39 is 0 Å². The van der Waals surface area contributed by atoms with Crippen LogP contribution in [0.15, 0.2) is 11.6 Å². The fourth-order valence-electron chi connectivity index (χ4n) is 1.35. The van der Waals surface area contributed by atoms with E-state index in [1.165, 1.54) is 16.2 Å². The van der Waals surface area contributed by atoms with Crippen molar-refractivity contribution in [3.05, 3.63) is 27.2 Å². The van der Waals surface area contributed by atoms with Gasteiger partial charge in [0.15, 0.2) is 5.13 Å². The molecular weight excluding hydrogens is 240 g/mol. The molecule has 0 saturated carbocycles. The second-order valence-electron chi connectivity index (χ2n) is 3.45. The van der Waals surface area contributed by atoms with E-state index in [-0.39, 0.29) is 0 Å². The molecule has 6 heteroatoms. The Hall–Kier alpha value is -0.980. The summed E-state index contributed by atoms with van der Waals surface area (Å²) < 4.78 is 0. The summed E-state index contributed by atoms with van der Waals surface area (Å²) in [5, 5.41) is 7.14. The number of nitrogens with zero attached hydrogens (tertiary/aromatic N) is 2. The number of aryl methyl sites for hydroxylation is 1. The number of nitrogens with one attached hydrogen (secondary N) is 1. The zero-order valence-corrected chi connectivity index (χ0v) is 10.7. The SMILES string of the molecule is Cc1ncc(CNCCc2csc(N)n2)s1. The van der Waals surface area contributed by atoms with Crippen molar-refractivity contribution in [1.82, 2.24) is 15.3 Å². The number of hydrogen-bond donors (Lipinski definition) is 2. The molecule has 0 unspecified atom stereocenters. The van der Waals surface area contributed by atoms with Gasteiger partial charge in [-0.05, 0) is 6.92 Å².